The summed E-state index contributed by atoms with van der Waals surface area (Å²) in [6, 6.07) is 5.41. The van der Waals surface area contributed by atoms with Crippen LogP contribution in [0.5, 0.6) is 0 Å². The van der Waals surface area contributed by atoms with Gasteiger partial charge in [0.25, 0.3) is 0 Å². The average molecular weight is 435 g/mol. The number of nitrogens with zero attached hydrogens (tertiary/aromatic N) is 1. The molecule has 2 fully saturated rings. The van der Waals surface area contributed by atoms with E-state index in [9.17, 15) is 24.3 Å². The van der Waals surface area contributed by atoms with Crippen molar-refractivity contribution in [2.75, 3.05) is 13.2 Å². The van der Waals surface area contributed by atoms with Crippen LogP contribution < -0.4 is 5.32 Å². The predicted octanol–water partition coefficient (Wildman–Crippen LogP) is 1.79. The maximum Gasteiger partial charge on any atom is 0.407 e. The number of H-pyrrole nitrogens is 1. The number of benzene rings is 1. The van der Waals surface area contributed by atoms with E-state index in [4.69, 9.17) is 4.74 Å². The number of aromatic amines is 1. The van der Waals surface area contributed by atoms with Gasteiger partial charge in [-0.25, -0.2) is 9.59 Å². The second-order valence-electron chi connectivity index (χ2n) is 8.21. The number of aromatic nitrogens is 1. The molecule has 0 radical (unpaired) electrons. The molecule has 1 aromatic carbocycles. The number of alkyl carbamates (subject to hydrolysis) is 1. The number of carboxylic acids is 1. The van der Waals surface area contributed by atoms with Gasteiger partial charge in [-0.3, -0.25) is 14.5 Å². The number of hydrogen-bond donors (Lipinski definition) is 3. The van der Waals surface area contributed by atoms with Crippen LogP contribution in [0.15, 0.2) is 42.5 Å². The molecule has 32 heavy (non-hydrogen) atoms. The van der Waals surface area contributed by atoms with Gasteiger partial charge in [-0.2, -0.15) is 0 Å². The number of allylic oxidation sites excluding steroid dienone is 2. The van der Waals surface area contributed by atoms with Gasteiger partial charge in [-0.05, 0) is 36.1 Å². The van der Waals surface area contributed by atoms with Crippen molar-refractivity contribution < 1.29 is 29.0 Å². The van der Waals surface area contributed by atoms with Crippen LogP contribution in [0.3, 0.4) is 0 Å². The van der Waals surface area contributed by atoms with Gasteiger partial charge in [-0.15, -0.1) is 0 Å². The number of nitrogens with one attached hydrogen (secondary N) is 2. The van der Waals surface area contributed by atoms with E-state index < -0.39 is 23.9 Å². The summed E-state index contributed by atoms with van der Waals surface area (Å²) in [7, 11) is 0. The molecule has 2 aliphatic heterocycles. The van der Waals surface area contributed by atoms with Gasteiger partial charge in [0.1, 0.15) is 12.3 Å². The van der Waals surface area contributed by atoms with Crippen molar-refractivity contribution in [2.24, 2.45) is 11.8 Å². The molecule has 3 heterocycles. The number of carbonyl (C=O) groups excluding carboxylic acids is 3. The lowest BCUT2D eigenvalue weighted by atomic mass is 9.91. The van der Waals surface area contributed by atoms with E-state index in [-0.39, 0.29) is 43.1 Å². The molecule has 9 heteroatoms. The van der Waals surface area contributed by atoms with Crippen molar-refractivity contribution in [3.05, 3.63) is 59.3 Å². The first kappa shape index (κ1) is 20.0. The first-order chi connectivity index (χ1) is 15.4. The van der Waals surface area contributed by atoms with Crippen molar-refractivity contribution in [1.82, 2.24) is 15.2 Å². The fourth-order valence-electron chi connectivity index (χ4n) is 4.68. The van der Waals surface area contributed by atoms with Crippen LogP contribution in [0.1, 0.15) is 21.6 Å². The van der Waals surface area contributed by atoms with Gasteiger partial charge in [0.15, 0.2) is 0 Å². The van der Waals surface area contributed by atoms with Crippen LogP contribution in [0.25, 0.3) is 10.9 Å². The van der Waals surface area contributed by atoms with Gasteiger partial charge in [0.05, 0.1) is 17.9 Å². The Labute approximate surface area is 182 Å². The second kappa shape index (κ2) is 7.67. The summed E-state index contributed by atoms with van der Waals surface area (Å²) in [6.45, 7) is 0.387. The third-order valence-corrected chi connectivity index (χ3v) is 6.23. The topological polar surface area (TPSA) is 129 Å². The van der Waals surface area contributed by atoms with E-state index in [0.29, 0.717) is 17.5 Å². The van der Waals surface area contributed by atoms with Gasteiger partial charge < -0.3 is 20.1 Å². The molecule has 3 amide bonds. The molecule has 9 nitrogen and oxygen atoms in total. The van der Waals surface area contributed by atoms with Crippen molar-refractivity contribution >= 4 is 34.8 Å². The Balaban J connectivity index is 1.41. The highest BCUT2D eigenvalue weighted by atomic mass is 16.6. The molecule has 0 bridgehead atoms. The molecule has 0 saturated carbocycles. The zero-order valence-electron chi connectivity index (χ0n) is 17.0. The minimum atomic E-state index is -1.10. The summed E-state index contributed by atoms with van der Waals surface area (Å²) in [5, 5.41) is 13.2. The van der Waals surface area contributed by atoms with Crippen LogP contribution >= 0.6 is 0 Å². The highest BCUT2D eigenvalue weighted by Gasteiger charge is 2.45. The first-order valence-corrected chi connectivity index (χ1v) is 10.4. The highest BCUT2D eigenvalue weighted by Crippen LogP contribution is 2.32. The Kier molecular flexibility index (Phi) is 4.80. The minimum Gasteiger partial charge on any atom is -0.477 e. The largest absolute Gasteiger partial charge is 0.477 e. The third kappa shape index (κ3) is 3.35. The summed E-state index contributed by atoms with van der Waals surface area (Å²) in [5.74, 6) is -2.58. The molecule has 1 aliphatic carbocycles. The zero-order chi connectivity index (χ0) is 22.4. The zero-order valence-corrected chi connectivity index (χ0v) is 17.0. The number of hydrogen-bond acceptors (Lipinski definition) is 5. The van der Waals surface area contributed by atoms with E-state index in [1.165, 1.54) is 4.90 Å². The maximum atomic E-state index is 12.7. The Morgan fingerprint density at radius 3 is 2.47 bits per heavy atom. The molecular formula is C23H21N3O6. The SMILES string of the molecule is O=C1N[C@@H](Cc2ccc3[nH]c(C(=O)O)c(CCN4C(=O)C5C=CC=CC5C4=O)c3c2)CO1. The second-order valence-corrected chi connectivity index (χ2v) is 8.21. The molecule has 2 unspecified atom stereocenters. The van der Waals surface area contributed by atoms with Crippen molar-refractivity contribution in [2.45, 2.75) is 18.9 Å². The standard InChI is InChI=1S/C23H21N3O6/c27-20-15-3-1-2-4-16(15)21(28)26(20)8-7-14-17-10-12(9-13-11-32-23(31)24-13)5-6-18(17)25-19(14)22(29)30/h1-6,10,13,15-16,25H,7-9,11H2,(H,24,31)(H,29,30)/t13-,15?,16?/m0/s1. The maximum absolute atomic E-state index is 12.7. The lowest BCUT2D eigenvalue weighted by molar-refractivity contribution is -0.139. The van der Waals surface area contributed by atoms with Crippen LogP contribution in [-0.2, 0) is 27.2 Å². The Morgan fingerprint density at radius 1 is 1.12 bits per heavy atom. The summed E-state index contributed by atoms with van der Waals surface area (Å²) in [4.78, 5) is 52.7. The van der Waals surface area contributed by atoms with E-state index in [0.717, 1.165) is 10.9 Å². The normalized spacial score (nSPS) is 24.2. The molecule has 2 aromatic rings. The number of likely N-dealkylation sites (tertiary alicyclic amines) is 1. The monoisotopic (exact) mass is 435 g/mol. The fraction of sp³-hybridized carbons (Fsp3) is 0.304. The quantitative estimate of drug-likeness (QED) is 0.594. The average Bonchev–Trinajstić information content (AvgIpc) is 3.42. The van der Waals surface area contributed by atoms with Crippen LogP contribution in [0.2, 0.25) is 0 Å². The number of fused-ring (bicyclic) bond motifs is 2. The summed E-state index contributed by atoms with van der Waals surface area (Å²) in [5.41, 5.74) is 2.17. The molecule has 3 atom stereocenters. The Morgan fingerprint density at radius 2 is 1.84 bits per heavy atom. The number of rotatable bonds is 6. The van der Waals surface area contributed by atoms with Crippen LogP contribution in [0, 0.1) is 11.8 Å². The smallest absolute Gasteiger partial charge is 0.407 e. The number of cyclic esters (lactones) is 1. The molecule has 5 rings (SSSR count). The third-order valence-electron chi connectivity index (χ3n) is 6.23. The Hall–Kier alpha value is -3.88. The highest BCUT2D eigenvalue weighted by molar-refractivity contribution is 6.07. The van der Waals surface area contributed by atoms with E-state index >= 15 is 0 Å². The summed E-state index contributed by atoms with van der Waals surface area (Å²) >= 11 is 0. The summed E-state index contributed by atoms with van der Waals surface area (Å²) < 4.78 is 4.93. The van der Waals surface area contributed by atoms with Gasteiger partial charge in [-0.1, -0.05) is 30.4 Å². The van der Waals surface area contributed by atoms with E-state index in [1.54, 1.807) is 30.4 Å². The van der Waals surface area contributed by atoms with Crippen molar-refractivity contribution in [1.29, 1.82) is 0 Å². The molecule has 2 saturated heterocycles. The van der Waals surface area contributed by atoms with Gasteiger partial charge >= 0.3 is 12.1 Å². The molecule has 0 spiro atoms. The molecule has 3 N–H and O–H groups in total. The Bertz CT molecular complexity index is 1180. The van der Waals surface area contributed by atoms with Gasteiger partial charge in [0, 0.05) is 17.4 Å². The molecular weight excluding hydrogens is 414 g/mol. The molecule has 1 aromatic heterocycles. The fourth-order valence-corrected chi connectivity index (χ4v) is 4.68. The molecule has 3 aliphatic rings. The van der Waals surface area contributed by atoms with Crippen LogP contribution in [-0.4, -0.2) is 58.1 Å². The number of carbonyl (C=O) groups is 4. The number of amides is 3. The number of imide groups is 1. The van der Waals surface area contributed by atoms with Crippen molar-refractivity contribution in [3.63, 3.8) is 0 Å². The predicted molar refractivity (Wildman–Crippen MR) is 113 cm³/mol. The number of ether oxygens (including phenoxy) is 1. The molecule has 164 valence electrons. The summed E-state index contributed by atoms with van der Waals surface area (Å²) in [6.07, 6.45) is 7.30. The van der Waals surface area contributed by atoms with Gasteiger partial charge in [0.2, 0.25) is 11.8 Å². The number of aromatic carboxylic acids is 1. The number of carboxylic acid groups (broad SMARTS) is 1. The van der Waals surface area contributed by atoms with E-state index in [2.05, 4.69) is 10.3 Å². The van der Waals surface area contributed by atoms with Crippen molar-refractivity contribution in [3.8, 4) is 0 Å². The van der Waals surface area contributed by atoms with Crippen LogP contribution in [0.4, 0.5) is 4.79 Å². The minimum absolute atomic E-state index is 0.0472. The lowest BCUT2D eigenvalue weighted by Crippen LogP contribution is -2.33. The lowest BCUT2D eigenvalue weighted by Gasteiger charge is -2.14. The van der Waals surface area contributed by atoms with E-state index in [1.807, 2.05) is 12.1 Å². The first-order valence-electron chi connectivity index (χ1n) is 10.4.